The molecule has 21 heavy (non-hydrogen) atoms. The fourth-order valence-electron chi connectivity index (χ4n) is 2.28. The van der Waals surface area contributed by atoms with Crippen molar-refractivity contribution in [1.29, 1.82) is 0 Å². The van der Waals surface area contributed by atoms with Crippen molar-refractivity contribution in [2.24, 2.45) is 0 Å². The average Bonchev–Trinajstić information content (AvgIpc) is 2.68. The van der Waals surface area contributed by atoms with Crippen molar-refractivity contribution >= 4 is 9.84 Å². The zero-order chi connectivity index (χ0) is 16.0. The summed E-state index contributed by atoms with van der Waals surface area (Å²) in [5, 5.41) is 7.55. The minimum absolute atomic E-state index is 0.153. The van der Waals surface area contributed by atoms with Crippen molar-refractivity contribution in [3.8, 4) is 0 Å². The van der Waals surface area contributed by atoms with E-state index in [1.165, 1.54) is 5.56 Å². The second-order valence-corrected chi connectivity index (χ2v) is 8.47. The van der Waals surface area contributed by atoms with Crippen molar-refractivity contribution < 1.29 is 8.42 Å². The number of nitrogens with one attached hydrogen (secondary N) is 1. The lowest BCUT2D eigenvalue weighted by Gasteiger charge is -2.09. The van der Waals surface area contributed by atoms with E-state index < -0.39 is 9.84 Å². The molecule has 0 aliphatic rings. The lowest BCUT2D eigenvalue weighted by atomic mass is 10.1. The monoisotopic (exact) mass is 315 g/mol. The first-order valence-corrected chi connectivity index (χ1v) is 9.46. The fourth-order valence-corrected chi connectivity index (χ4v) is 3.18. The molecule has 0 radical (unpaired) electrons. The highest BCUT2D eigenvalue weighted by molar-refractivity contribution is 7.91. The van der Waals surface area contributed by atoms with Gasteiger partial charge in [-0.25, -0.2) is 8.42 Å². The largest absolute Gasteiger partial charge is 0.316 e. The molecule has 1 aromatic rings. The van der Waals surface area contributed by atoms with E-state index in [4.69, 9.17) is 0 Å². The molecule has 0 bridgehead atoms. The summed E-state index contributed by atoms with van der Waals surface area (Å²) in [7, 11) is -3.01. The molecule has 0 aliphatic carbocycles. The molecule has 0 atom stereocenters. The molecular weight excluding hydrogens is 286 g/mol. The van der Waals surface area contributed by atoms with Gasteiger partial charge in [0, 0.05) is 5.69 Å². The van der Waals surface area contributed by atoms with E-state index in [-0.39, 0.29) is 11.0 Å². The van der Waals surface area contributed by atoms with Gasteiger partial charge in [-0.15, -0.1) is 0 Å². The van der Waals surface area contributed by atoms with Crippen LogP contribution in [0.4, 0.5) is 0 Å². The molecular formula is C15H29N3O2S. The molecule has 6 heteroatoms. The second kappa shape index (κ2) is 7.94. The molecule has 0 spiro atoms. The number of rotatable bonds is 9. The molecule has 0 amide bonds. The Morgan fingerprint density at radius 3 is 2.48 bits per heavy atom. The minimum Gasteiger partial charge on any atom is -0.316 e. The average molecular weight is 315 g/mol. The third-order valence-corrected chi connectivity index (χ3v) is 6.00. The Balaban J connectivity index is 2.69. The maximum absolute atomic E-state index is 11.9. The van der Waals surface area contributed by atoms with Crippen LogP contribution >= 0.6 is 0 Å². The predicted molar refractivity (Wildman–Crippen MR) is 87.5 cm³/mol. The van der Waals surface area contributed by atoms with Gasteiger partial charge in [0.2, 0.25) is 0 Å². The van der Waals surface area contributed by atoms with Gasteiger partial charge in [0.1, 0.15) is 0 Å². The highest BCUT2D eigenvalue weighted by atomic mass is 32.2. The lowest BCUT2D eigenvalue weighted by molar-refractivity contribution is 0.568. The predicted octanol–water partition coefficient (Wildman–Crippen LogP) is 1.87. The third kappa shape index (κ3) is 5.11. The highest BCUT2D eigenvalue weighted by Gasteiger charge is 2.18. The molecule has 1 N–H and O–H groups in total. The summed E-state index contributed by atoms with van der Waals surface area (Å²) in [4.78, 5) is 0. The molecule has 0 aliphatic heterocycles. The minimum atomic E-state index is -3.01. The Morgan fingerprint density at radius 1 is 1.24 bits per heavy atom. The van der Waals surface area contributed by atoms with Crippen molar-refractivity contribution in [2.75, 3.05) is 18.8 Å². The molecule has 0 saturated heterocycles. The van der Waals surface area contributed by atoms with E-state index in [1.807, 2.05) is 18.5 Å². The standard InChI is InChI=1S/C15H29N3O2S/c1-6-8-16-9-7-15-13(4)17-18(14(15)5)10-11-21(19,20)12(2)3/h12,16H,6-11H2,1-5H3. The van der Waals surface area contributed by atoms with Gasteiger partial charge in [0.05, 0.1) is 23.2 Å². The third-order valence-electron chi connectivity index (χ3n) is 3.82. The number of nitrogens with zero attached hydrogens (tertiary/aromatic N) is 2. The smallest absolute Gasteiger partial charge is 0.154 e. The topological polar surface area (TPSA) is 64.0 Å². The van der Waals surface area contributed by atoms with Gasteiger partial charge in [0.15, 0.2) is 9.84 Å². The molecule has 1 heterocycles. The van der Waals surface area contributed by atoms with Gasteiger partial charge in [-0.3, -0.25) is 4.68 Å². The number of hydrogen-bond donors (Lipinski definition) is 1. The molecule has 1 aromatic heterocycles. The van der Waals surface area contributed by atoms with E-state index in [2.05, 4.69) is 17.3 Å². The molecule has 0 unspecified atom stereocenters. The summed E-state index contributed by atoms with van der Waals surface area (Å²) < 4.78 is 25.6. The van der Waals surface area contributed by atoms with Crippen molar-refractivity contribution in [1.82, 2.24) is 15.1 Å². The zero-order valence-electron chi connectivity index (χ0n) is 13.9. The van der Waals surface area contributed by atoms with Crippen LogP contribution in [-0.4, -0.2) is 42.3 Å². The van der Waals surface area contributed by atoms with E-state index in [0.717, 1.165) is 37.3 Å². The van der Waals surface area contributed by atoms with Crippen LogP contribution in [0.25, 0.3) is 0 Å². The lowest BCUT2D eigenvalue weighted by Crippen LogP contribution is -2.22. The van der Waals surface area contributed by atoms with Gasteiger partial charge < -0.3 is 5.32 Å². The van der Waals surface area contributed by atoms with Crippen molar-refractivity contribution in [3.63, 3.8) is 0 Å². The van der Waals surface area contributed by atoms with Gasteiger partial charge in [-0.2, -0.15) is 5.10 Å². The molecule has 5 nitrogen and oxygen atoms in total. The first-order valence-electron chi connectivity index (χ1n) is 7.74. The van der Waals surface area contributed by atoms with Gasteiger partial charge in [-0.05, 0) is 59.2 Å². The van der Waals surface area contributed by atoms with Crippen molar-refractivity contribution in [3.05, 3.63) is 17.0 Å². The van der Waals surface area contributed by atoms with E-state index >= 15 is 0 Å². The molecule has 0 aromatic carbocycles. The molecule has 0 fully saturated rings. The first kappa shape index (κ1) is 18.2. The Labute approximate surface area is 129 Å². The highest BCUT2D eigenvalue weighted by Crippen LogP contribution is 2.14. The van der Waals surface area contributed by atoms with Crippen LogP contribution in [0.5, 0.6) is 0 Å². The maximum atomic E-state index is 11.9. The van der Waals surface area contributed by atoms with Crippen LogP contribution in [0, 0.1) is 13.8 Å². The van der Waals surface area contributed by atoms with Gasteiger partial charge in [0.25, 0.3) is 0 Å². The molecule has 1 rings (SSSR count). The number of sulfone groups is 1. The van der Waals surface area contributed by atoms with Crippen LogP contribution in [-0.2, 0) is 22.8 Å². The Hall–Kier alpha value is -0.880. The Morgan fingerprint density at radius 2 is 1.90 bits per heavy atom. The SMILES string of the molecule is CCCNCCc1c(C)nn(CCS(=O)(=O)C(C)C)c1C. The number of aromatic nitrogens is 2. The van der Waals surface area contributed by atoms with E-state index in [0.29, 0.717) is 6.54 Å². The summed E-state index contributed by atoms with van der Waals surface area (Å²) in [5.74, 6) is 0.153. The molecule has 0 saturated carbocycles. The van der Waals surface area contributed by atoms with Gasteiger partial charge in [-0.1, -0.05) is 6.92 Å². The van der Waals surface area contributed by atoms with E-state index in [1.54, 1.807) is 13.8 Å². The van der Waals surface area contributed by atoms with Crippen LogP contribution < -0.4 is 5.32 Å². The molecule has 122 valence electrons. The zero-order valence-corrected chi connectivity index (χ0v) is 14.8. The maximum Gasteiger partial charge on any atom is 0.154 e. The normalized spacial score (nSPS) is 12.3. The number of hydrogen-bond acceptors (Lipinski definition) is 4. The fraction of sp³-hybridized carbons (Fsp3) is 0.800. The summed E-state index contributed by atoms with van der Waals surface area (Å²) in [6.07, 6.45) is 2.07. The van der Waals surface area contributed by atoms with Crippen LogP contribution in [0.3, 0.4) is 0 Å². The second-order valence-electron chi connectivity index (χ2n) is 5.79. The summed E-state index contributed by atoms with van der Waals surface area (Å²) in [6.45, 7) is 12.0. The van der Waals surface area contributed by atoms with Crippen LogP contribution in [0.2, 0.25) is 0 Å². The van der Waals surface area contributed by atoms with Crippen LogP contribution in [0.15, 0.2) is 0 Å². The summed E-state index contributed by atoms with van der Waals surface area (Å²) in [5.41, 5.74) is 3.33. The van der Waals surface area contributed by atoms with Gasteiger partial charge >= 0.3 is 0 Å². The van der Waals surface area contributed by atoms with Crippen molar-refractivity contribution in [2.45, 2.75) is 59.3 Å². The first-order chi connectivity index (χ1) is 9.79. The van der Waals surface area contributed by atoms with E-state index in [9.17, 15) is 8.42 Å². The van der Waals surface area contributed by atoms with Crippen LogP contribution in [0.1, 0.15) is 44.1 Å². The quantitative estimate of drug-likeness (QED) is 0.707. The Bertz CT molecular complexity index is 548. The summed E-state index contributed by atoms with van der Waals surface area (Å²) in [6, 6.07) is 0. The summed E-state index contributed by atoms with van der Waals surface area (Å²) >= 11 is 0. The Kier molecular flexibility index (Phi) is 6.87. The number of aryl methyl sites for hydroxylation is 2.